The first-order chi connectivity index (χ1) is 9.33. The summed E-state index contributed by atoms with van der Waals surface area (Å²) in [6, 6.07) is 1.81. The molecule has 0 radical (unpaired) electrons. The van der Waals surface area contributed by atoms with Gasteiger partial charge in [-0.2, -0.15) is 4.98 Å². The van der Waals surface area contributed by atoms with Crippen LogP contribution in [-0.4, -0.2) is 28.6 Å². The molecule has 0 aliphatic heterocycles. The Bertz CT molecular complexity index is 592. The fourth-order valence-corrected chi connectivity index (χ4v) is 2.74. The standard InChI is InChI=1S/C14H19N3O2/c1-18-12-9-13(19-2)17-11-8-6-4-3-5-7-10(11)15-14(17)16-12/h9H,3-8H2,1-2H3. The first kappa shape index (κ1) is 12.3. The number of aromatic nitrogens is 3. The van der Waals surface area contributed by atoms with E-state index in [1.54, 1.807) is 14.2 Å². The highest BCUT2D eigenvalue weighted by atomic mass is 16.5. The maximum atomic E-state index is 5.47. The van der Waals surface area contributed by atoms with Gasteiger partial charge in [0.2, 0.25) is 17.5 Å². The van der Waals surface area contributed by atoms with Gasteiger partial charge in [-0.25, -0.2) is 4.98 Å². The molecule has 2 heterocycles. The summed E-state index contributed by atoms with van der Waals surface area (Å²) in [7, 11) is 3.28. The Morgan fingerprint density at radius 3 is 2.53 bits per heavy atom. The van der Waals surface area contributed by atoms with Crippen LogP contribution in [0.4, 0.5) is 0 Å². The summed E-state index contributed by atoms with van der Waals surface area (Å²) in [5.41, 5.74) is 2.42. The van der Waals surface area contributed by atoms with Gasteiger partial charge >= 0.3 is 0 Å². The molecule has 0 saturated carbocycles. The topological polar surface area (TPSA) is 48.7 Å². The molecule has 2 aromatic heterocycles. The van der Waals surface area contributed by atoms with Crippen molar-refractivity contribution in [1.82, 2.24) is 14.4 Å². The third kappa shape index (κ3) is 2.13. The van der Waals surface area contributed by atoms with Crippen molar-refractivity contribution in [2.45, 2.75) is 38.5 Å². The van der Waals surface area contributed by atoms with Gasteiger partial charge < -0.3 is 9.47 Å². The summed E-state index contributed by atoms with van der Waals surface area (Å²) >= 11 is 0. The molecule has 5 nitrogen and oxygen atoms in total. The van der Waals surface area contributed by atoms with Crippen molar-refractivity contribution in [3.8, 4) is 11.8 Å². The second kappa shape index (κ2) is 5.07. The van der Waals surface area contributed by atoms with Gasteiger partial charge in [-0.15, -0.1) is 0 Å². The van der Waals surface area contributed by atoms with Crippen LogP contribution in [0.1, 0.15) is 37.1 Å². The summed E-state index contributed by atoms with van der Waals surface area (Å²) in [4.78, 5) is 9.08. The Kier molecular flexibility index (Phi) is 3.27. The zero-order valence-electron chi connectivity index (χ0n) is 11.5. The summed E-state index contributed by atoms with van der Waals surface area (Å²) < 4.78 is 12.7. The lowest BCUT2D eigenvalue weighted by atomic mass is 10.0. The molecule has 2 aromatic rings. The van der Waals surface area contributed by atoms with E-state index in [1.807, 2.05) is 10.5 Å². The average molecular weight is 261 g/mol. The van der Waals surface area contributed by atoms with Crippen LogP contribution in [0.25, 0.3) is 5.78 Å². The fraction of sp³-hybridized carbons (Fsp3) is 0.571. The van der Waals surface area contributed by atoms with E-state index in [1.165, 1.54) is 37.1 Å². The number of methoxy groups -OCH3 is 2. The van der Waals surface area contributed by atoms with Crippen LogP contribution in [0.2, 0.25) is 0 Å². The highest BCUT2D eigenvalue weighted by Crippen LogP contribution is 2.27. The van der Waals surface area contributed by atoms with Gasteiger partial charge in [0.1, 0.15) is 0 Å². The van der Waals surface area contributed by atoms with E-state index >= 15 is 0 Å². The average Bonchev–Trinajstić information content (AvgIpc) is 2.74. The number of fused-ring (bicyclic) bond motifs is 3. The molecule has 0 saturated heterocycles. The van der Waals surface area contributed by atoms with E-state index in [2.05, 4.69) is 9.97 Å². The monoisotopic (exact) mass is 261 g/mol. The minimum absolute atomic E-state index is 0.544. The lowest BCUT2D eigenvalue weighted by Gasteiger charge is -2.11. The Morgan fingerprint density at radius 2 is 1.79 bits per heavy atom. The SMILES string of the molecule is COc1cc(OC)n2c3c(nc2n1)CCCCCC3. The van der Waals surface area contributed by atoms with E-state index in [-0.39, 0.29) is 0 Å². The van der Waals surface area contributed by atoms with E-state index in [4.69, 9.17) is 9.47 Å². The van der Waals surface area contributed by atoms with Crippen molar-refractivity contribution in [1.29, 1.82) is 0 Å². The molecule has 3 rings (SSSR count). The van der Waals surface area contributed by atoms with Gasteiger partial charge in [-0.3, -0.25) is 4.40 Å². The van der Waals surface area contributed by atoms with Gasteiger partial charge in [0.15, 0.2) is 0 Å². The fourth-order valence-electron chi connectivity index (χ4n) is 2.74. The highest BCUT2D eigenvalue weighted by molar-refractivity contribution is 5.44. The van der Waals surface area contributed by atoms with E-state index in [0.717, 1.165) is 18.7 Å². The molecule has 0 unspecified atom stereocenters. The molecule has 102 valence electrons. The van der Waals surface area contributed by atoms with Gasteiger partial charge in [-0.05, 0) is 25.7 Å². The molecule has 5 heteroatoms. The minimum atomic E-state index is 0.544. The normalized spacial score (nSPS) is 15.7. The molecule has 19 heavy (non-hydrogen) atoms. The number of aryl methyl sites for hydroxylation is 2. The predicted molar refractivity (Wildman–Crippen MR) is 72.0 cm³/mol. The van der Waals surface area contributed by atoms with Gasteiger partial charge in [-0.1, -0.05) is 12.8 Å². The third-order valence-electron chi connectivity index (χ3n) is 3.71. The largest absolute Gasteiger partial charge is 0.482 e. The molecule has 0 spiro atoms. The van der Waals surface area contributed by atoms with Crippen LogP contribution in [0, 0.1) is 0 Å². The smallest absolute Gasteiger partial charge is 0.240 e. The lowest BCUT2D eigenvalue weighted by Crippen LogP contribution is -2.04. The molecule has 1 aliphatic carbocycles. The van der Waals surface area contributed by atoms with E-state index < -0.39 is 0 Å². The Hall–Kier alpha value is -1.78. The second-order valence-electron chi connectivity index (χ2n) is 4.90. The van der Waals surface area contributed by atoms with Crippen molar-refractivity contribution in [2.24, 2.45) is 0 Å². The molecular formula is C14H19N3O2. The van der Waals surface area contributed by atoms with Gasteiger partial charge in [0.05, 0.1) is 31.7 Å². The zero-order chi connectivity index (χ0) is 13.2. The molecule has 0 atom stereocenters. The number of hydrogen-bond acceptors (Lipinski definition) is 4. The van der Waals surface area contributed by atoms with Crippen LogP contribution in [-0.2, 0) is 12.8 Å². The van der Waals surface area contributed by atoms with Crippen molar-refractivity contribution in [3.05, 3.63) is 17.5 Å². The van der Waals surface area contributed by atoms with E-state index in [9.17, 15) is 0 Å². The van der Waals surface area contributed by atoms with Gasteiger partial charge in [0, 0.05) is 0 Å². The summed E-state index contributed by atoms with van der Waals surface area (Å²) in [6.45, 7) is 0. The predicted octanol–water partition coefficient (Wildman–Crippen LogP) is 2.41. The van der Waals surface area contributed by atoms with Crippen LogP contribution < -0.4 is 9.47 Å². The number of ether oxygens (including phenoxy) is 2. The van der Waals surface area contributed by atoms with Crippen molar-refractivity contribution in [3.63, 3.8) is 0 Å². The first-order valence-electron chi connectivity index (χ1n) is 6.82. The molecule has 1 aliphatic rings. The quantitative estimate of drug-likeness (QED) is 0.833. The first-order valence-corrected chi connectivity index (χ1v) is 6.82. The zero-order valence-corrected chi connectivity index (χ0v) is 11.5. The summed E-state index contributed by atoms with van der Waals surface area (Å²) in [5.74, 6) is 1.97. The molecule has 0 amide bonds. The van der Waals surface area contributed by atoms with Crippen LogP contribution in [0.15, 0.2) is 6.07 Å². The molecular weight excluding hydrogens is 242 g/mol. The maximum absolute atomic E-state index is 5.47. The Labute approximate surface area is 112 Å². The van der Waals surface area contributed by atoms with Crippen LogP contribution in [0.3, 0.4) is 0 Å². The number of imidazole rings is 1. The molecule has 0 fully saturated rings. The van der Waals surface area contributed by atoms with Crippen LogP contribution >= 0.6 is 0 Å². The highest BCUT2D eigenvalue weighted by Gasteiger charge is 2.18. The lowest BCUT2D eigenvalue weighted by molar-refractivity contribution is 0.368. The summed E-state index contributed by atoms with van der Waals surface area (Å²) in [5, 5.41) is 0. The van der Waals surface area contributed by atoms with Gasteiger partial charge in [0.25, 0.3) is 0 Å². The third-order valence-corrected chi connectivity index (χ3v) is 3.71. The number of hydrogen-bond donors (Lipinski definition) is 0. The summed E-state index contributed by atoms with van der Waals surface area (Å²) in [6.07, 6.45) is 7.07. The maximum Gasteiger partial charge on any atom is 0.240 e. The minimum Gasteiger partial charge on any atom is -0.482 e. The molecule has 0 bridgehead atoms. The molecule has 0 N–H and O–H groups in total. The number of rotatable bonds is 2. The van der Waals surface area contributed by atoms with Crippen molar-refractivity contribution < 1.29 is 9.47 Å². The molecule has 0 aromatic carbocycles. The number of nitrogens with zero attached hydrogens (tertiary/aromatic N) is 3. The van der Waals surface area contributed by atoms with Crippen molar-refractivity contribution >= 4 is 5.78 Å². The van der Waals surface area contributed by atoms with Crippen molar-refractivity contribution in [2.75, 3.05) is 14.2 Å². The van der Waals surface area contributed by atoms with Crippen LogP contribution in [0.5, 0.6) is 11.8 Å². The Balaban J connectivity index is 2.20. The Morgan fingerprint density at radius 1 is 1.00 bits per heavy atom. The second-order valence-corrected chi connectivity index (χ2v) is 4.90. The van der Waals surface area contributed by atoms with E-state index in [0.29, 0.717) is 11.7 Å².